The van der Waals surface area contributed by atoms with Crippen LogP contribution in [0.1, 0.15) is 15.9 Å². The van der Waals surface area contributed by atoms with Crippen LogP contribution in [0.3, 0.4) is 0 Å². The van der Waals surface area contributed by atoms with Crippen molar-refractivity contribution in [1.82, 2.24) is 4.98 Å². The van der Waals surface area contributed by atoms with Crippen LogP contribution in [0.25, 0.3) is 11.3 Å². The minimum Gasteiger partial charge on any atom is -0.465 e. The van der Waals surface area contributed by atoms with Crippen molar-refractivity contribution >= 4 is 5.97 Å². The van der Waals surface area contributed by atoms with E-state index in [4.69, 9.17) is 9.84 Å². The maximum absolute atomic E-state index is 11.6. The van der Waals surface area contributed by atoms with Gasteiger partial charge >= 0.3 is 5.97 Å². The summed E-state index contributed by atoms with van der Waals surface area (Å²) in [5.41, 5.74) is 2.63. The third-order valence-corrected chi connectivity index (χ3v) is 2.62. The number of ether oxygens (including phenoxy) is 1. The molecule has 0 radical (unpaired) electrons. The van der Waals surface area contributed by atoms with Crippen LogP contribution in [0.4, 0.5) is 0 Å². The molecule has 0 aliphatic carbocycles. The van der Waals surface area contributed by atoms with E-state index in [-0.39, 0.29) is 6.61 Å². The van der Waals surface area contributed by atoms with Crippen molar-refractivity contribution in [1.29, 1.82) is 0 Å². The number of hydrogen-bond acceptors (Lipinski definition) is 4. The van der Waals surface area contributed by atoms with E-state index < -0.39 is 5.97 Å². The number of aliphatic hydroxyl groups excluding tert-OH is 1. The fourth-order valence-corrected chi connectivity index (χ4v) is 1.68. The molecule has 1 aromatic heterocycles. The van der Waals surface area contributed by atoms with Crippen LogP contribution in [-0.4, -0.2) is 23.2 Å². The molecule has 0 aliphatic rings. The van der Waals surface area contributed by atoms with Crippen LogP contribution >= 0.6 is 0 Å². The number of benzene rings is 1. The van der Waals surface area contributed by atoms with Gasteiger partial charge in [0.05, 0.1) is 25.0 Å². The average molecular weight is 243 g/mol. The van der Waals surface area contributed by atoms with Crippen molar-refractivity contribution in [2.24, 2.45) is 0 Å². The number of carbonyl (C=O) groups excluding carboxylic acids is 1. The van der Waals surface area contributed by atoms with Gasteiger partial charge in [-0.25, -0.2) is 4.79 Å². The zero-order valence-corrected chi connectivity index (χ0v) is 9.96. The summed E-state index contributed by atoms with van der Waals surface area (Å²) in [6.45, 7) is -0.00758. The second kappa shape index (κ2) is 5.42. The number of aliphatic hydroxyl groups is 1. The highest BCUT2D eigenvalue weighted by Crippen LogP contribution is 2.22. The molecule has 0 aliphatic heterocycles. The normalized spacial score (nSPS) is 10.1. The lowest BCUT2D eigenvalue weighted by Gasteiger charge is -2.07. The van der Waals surface area contributed by atoms with Crippen LogP contribution < -0.4 is 0 Å². The third kappa shape index (κ3) is 2.38. The summed E-state index contributed by atoms with van der Waals surface area (Å²) in [5, 5.41) is 8.99. The van der Waals surface area contributed by atoms with Gasteiger partial charge in [-0.15, -0.1) is 0 Å². The Labute approximate surface area is 105 Å². The molecule has 0 bridgehead atoms. The molecule has 1 aromatic carbocycles. The first kappa shape index (κ1) is 12.3. The second-order valence-corrected chi connectivity index (χ2v) is 3.75. The molecule has 0 atom stereocenters. The Hall–Kier alpha value is -2.20. The number of methoxy groups -OCH3 is 1. The average Bonchev–Trinajstić information content (AvgIpc) is 2.46. The summed E-state index contributed by atoms with van der Waals surface area (Å²) >= 11 is 0. The number of aromatic nitrogens is 1. The van der Waals surface area contributed by atoms with Gasteiger partial charge in [0.25, 0.3) is 0 Å². The Morgan fingerprint density at radius 3 is 2.61 bits per heavy atom. The van der Waals surface area contributed by atoms with Crippen molar-refractivity contribution < 1.29 is 14.6 Å². The Kier molecular flexibility index (Phi) is 3.69. The minimum atomic E-state index is -0.413. The number of esters is 1. The predicted molar refractivity (Wildman–Crippen MR) is 66.9 cm³/mol. The summed E-state index contributed by atoms with van der Waals surface area (Å²) in [6, 6.07) is 10.6. The minimum absolute atomic E-state index is 0.00758. The molecular weight excluding hydrogens is 230 g/mol. The largest absolute Gasteiger partial charge is 0.465 e. The summed E-state index contributed by atoms with van der Waals surface area (Å²) in [5.74, 6) is -0.413. The Bertz CT molecular complexity index is 549. The molecule has 0 saturated heterocycles. The van der Waals surface area contributed by atoms with E-state index in [2.05, 4.69) is 4.98 Å². The van der Waals surface area contributed by atoms with Gasteiger partial charge in [-0.05, 0) is 17.7 Å². The topological polar surface area (TPSA) is 59.4 Å². The lowest BCUT2D eigenvalue weighted by Crippen LogP contribution is -2.04. The van der Waals surface area contributed by atoms with Gasteiger partial charge in [-0.1, -0.05) is 24.3 Å². The monoisotopic (exact) mass is 243 g/mol. The van der Waals surface area contributed by atoms with E-state index in [0.717, 1.165) is 11.1 Å². The fourth-order valence-electron chi connectivity index (χ4n) is 1.68. The summed E-state index contributed by atoms with van der Waals surface area (Å²) in [7, 11) is 1.34. The predicted octanol–water partition coefficient (Wildman–Crippen LogP) is 2.03. The summed E-state index contributed by atoms with van der Waals surface area (Å²) in [4.78, 5) is 15.8. The number of hydrogen-bond donors (Lipinski definition) is 1. The Morgan fingerprint density at radius 1 is 1.28 bits per heavy atom. The van der Waals surface area contributed by atoms with Crippen molar-refractivity contribution in [2.75, 3.05) is 7.11 Å². The van der Waals surface area contributed by atoms with Crippen LogP contribution in [-0.2, 0) is 11.3 Å². The molecule has 0 amide bonds. The molecular formula is C14H13NO3. The van der Waals surface area contributed by atoms with Crippen molar-refractivity contribution in [3.8, 4) is 11.3 Å². The molecule has 2 aromatic rings. The molecule has 0 saturated carbocycles. The molecule has 92 valence electrons. The highest BCUT2D eigenvalue weighted by atomic mass is 16.5. The van der Waals surface area contributed by atoms with E-state index in [1.807, 2.05) is 12.1 Å². The standard InChI is InChI=1S/C14H13NO3/c1-18-14(17)12-3-2-8-15-13(12)11-6-4-10(9-16)5-7-11/h2-8,16H,9H2,1H3. The van der Waals surface area contributed by atoms with E-state index in [1.165, 1.54) is 7.11 Å². The highest BCUT2D eigenvalue weighted by molar-refractivity contribution is 5.95. The van der Waals surface area contributed by atoms with Gasteiger partial charge in [0.2, 0.25) is 0 Å². The molecule has 18 heavy (non-hydrogen) atoms. The number of carbonyl (C=O) groups is 1. The highest BCUT2D eigenvalue weighted by Gasteiger charge is 2.13. The summed E-state index contributed by atoms with van der Waals surface area (Å²) in [6.07, 6.45) is 1.63. The molecule has 1 heterocycles. The summed E-state index contributed by atoms with van der Waals surface area (Å²) < 4.78 is 4.72. The first-order valence-electron chi connectivity index (χ1n) is 5.49. The molecule has 0 spiro atoms. The zero-order valence-electron chi connectivity index (χ0n) is 9.96. The first-order valence-corrected chi connectivity index (χ1v) is 5.49. The van der Waals surface area contributed by atoms with Gasteiger partial charge in [-0.2, -0.15) is 0 Å². The van der Waals surface area contributed by atoms with E-state index in [1.54, 1.807) is 30.5 Å². The number of rotatable bonds is 3. The van der Waals surface area contributed by atoms with Gasteiger partial charge < -0.3 is 9.84 Å². The quantitative estimate of drug-likeness (QED) is 0.838. The van der Waals surface area contributed by atoms with E-state index in [0.29, 0.717) is 11.3 Å². The van der Waals surface area contributed by atoms with Gasteiger partial charge in [0, 0.05) is 11.8 Å². The van der Waals surface area contributed by atoms with Crippen LogP contribution in [0, 0.1) is 0 Å². The third-order valence-electron chi connectivity index (χ3n) is 2.62. The van der Waals surface area contributed by atoms with Crippen LogP contribution in [0.5, 0.6) is 0 Å². The van der Waals surface area contributed by atoms with Crippen LogP contribution in [0.2, 0.25) is 0 Å². The maximum atomic E-state index is 11.6. The number of nitrogens with zero attached hydrogens (tertiary/aromatic N) is 1. The molecule has 1 N–H and O–H groups in total. The fraction of sp³-hybridized carbons (Fsp3) is 0.143. The maximum Gasteiger partial charge on any atom is 0.340 e. The van der Waals surface area contributed by atoms with Gasteiger partial charge in [0.1, 0.15) is 0 Å². The second-order valence-electron chi connectivity index (χ2n) is 3.75. The Balaban J connectivity index is 2.46. The molecule has 4 nitrogen and oxygen atoms in total. The van der Waals surface area contributed by atoms with E-state index in [9.17, 15) is 4.79 Å². The molecule has 2 rings (SSSR count). The van der Waals surface area contributed by atoms with Crippen molar-refractivity contribution in [3.63, 3.8) is 0 Å². The Morgan fingerprint density at radius 2 is 2.00 bits per heavy atom. The molecule has 0 fully saturated rings. The van der Waals surface area contributed by atoms with E-state index >= 15 is 0 Å². The number of pyridine rings is 1. The van der Waals surface area contributed by atoms with Crippen LogP contribution in [0.15, 0.2) is 42.6 Å². The first-order chi connectivity index (χ1) is 8.76. The zero-order chi connectivity index (χ0) is 13.0. The lowest BCUT2D eigenvalue weighted by molar-refractivity contribution is 0.0601. The molecule has 4 heteroatoms. The smallest absolute Gasteiger partial charge is 0.340 e. The molecule has 0 unspecified atom stereocenters. The van der Waals surface area contributed by atoms with Gasteiger partial charge in [-0.3, -0.25) is 4.98 Å². The van der Waals surface area contributed by atoms with Crippen molar-refractivity contribution in [2.45, 2.75) is 6.61 Å². The SMILES string of the molecule is COC(=O)c1cccnc1-c1ccc(CO)cc1. The van der Waals surface area contributed by atoms with Gasteiger partial charge in [0.15, 0.2) is 0 Å². The lowest BCUT2D eigenvalue weighted by atomic mass is 10.0. The van der Waals surface area contributed by atoms with Crippen molar-refractivity contribution in [3.05, 3.63) is 53.7 Å².